The SMILES string of the molecule is CC(C(=O)c1ccc2c(c1)CCC2)N1CCNCC1. The highest BCUT2D eigenvalue weighted by Crippen LogP contribution is 2.23. The zero-order valence-electron chi connectivity index (χ0n) is 11.6. The summed E-state index contributed by atoms with van der Waals surface area (Å²) >= 11 is 0. The Hall–Kier alpha value is -1.19. The fourth-order valence-corrected chi connectivity index (χ4v) is 3.20. The van der Waals surface area contributed by atoms with Crippen molar-refractivity contribution in [1.82, 2.24) is 10.2 Å². The molecule has 1 unspecified atom stereocenters. The number of hydrogen-bond donors (Lipinski definition) is 1. The molecule has 3 rings (SSSR count). The highest BCUT2D eigenvalue weighted by atomic mass is 16.1. The maximum atomic E-state index is 12.6. The largest absolute Gasteiger partial charge is 0.314 e. The van der Waals surface area contributed by atoms with E-state index in [1.165, 1.54) is 24.0 Å². The van der Waals surface area contributed by atoms with Gasteiger partial charge in [-0.1, -0.05) is 12.1 Å². The number of benzene rings is 1. The van der Waals surface area contributed by atoms with Crippen LogP contribution in [0.1, 0.15) is 34.8 Å². The first-order valence-corrected chi connectivity index (χ1v) is 7.36. The highest BCUT2D eigenvalue weighted by molar-refractivity contribution is 6.00. The smallest absolute Gasteiger partial charge is 0.179 e. The lowest BCUT2D eigenvalue weighted by atomic mass is 9.99. The third-order valence-electron chi connectivity index (χ3n) is 4.46. The monoisotopic (exact) mass is 258 g/mol. The predicted molar refractivity (Wildman–Crippen MR) is 76.7 cm³/mol. The molecular weight excluding hydrogens is 236 g/mol. The first kappa shape index (κ1) is 12.8. The molecular formula is C16H22N2O. The number of ketones is 1. The van der Waals surface area contributed by atoms with Gasteiger partial charge in [-0.05, 0) is 43.4 Å². The number of nitrogens with zero attached hydrogens (tertiary/aromatic N) is 1. The Kier molecular flexibility index (Phi) is 3.67. The number of nitrogens with one attached hydrogen (secondary N) is 1. The molecule has 102 valence electrons. The Balaban J connectivity index is 1.75. The molecule has 1 atom stereocenters. The van der Waals surface area contributed by atoms with Crippen molar-refractivity contribution in [3.8, 4) is 0 Å². The van der Waals surface area contributed by atoms with Crippen molar-refractivity contribution in [3.05, 3.63) is 34.9 Å². The summed E-state index contributed by atoms with van der Waals surface area (Å²) in [5.74, 6) is 0.275. The zero-order valence-corrected chi connectivity index (χ0v) is 11.6. The summed E-state index contributed by atoms with van der Waals surface area (Å²) in [6.07, 6.45) is 3.55. The third kappa shape index (κ3) is 2.58. The van der Waals surface area contributed by atoms with E-state index < -0.39 is 0 Å². The van der Waals surface area contributed by atoms with Crippen LogP contribution >= 0.6 is 0 Å². The standard InChI is InChI=1S/C16H22N2O/c1-12(18-9-7-17-8-10-18)16(19)15-6-5-13-3-2-4-14(13)11-15/h5-6,11-12,17H,2-4,7-10H2,1H3. The van der Waals surface area contributed by atoms with Crippen LogP contribution in [0.2, 0.25) is 0 Å². The average molecular weight is 258 g/mol. The topological polar surface area (TPSA) is 32.3 Å². The normalized spacial score (nSPS) is 21.1. The molecule has 1 aliphatic carbocycles. The summed E-state index contributed by atoms with van der Waals surface area (Å²) in [6.45, 7) is 5.96. The van der Waals surface area contributed by atoms with E-state index in [1.54, 1.807) is 0 Å². The van der Waals surface area contributed by atoms with E-state index in [0.717, 1.165) is 38.2 Å². The molecule has 0 amide bonds. The van der Waals surface area contributed by atoms with Gasteiger partial charge in [0.1, 0.15) is 0 Å². The molecule has 3 heteroatoms. The van der Waals surface area contributed by atoms with E-state index in [4.69, 9.17) is 0 Å². The van der Waals surface area contributed by atoms with Crippen LogP contribution in [0.15, 0.2) is 18.2 Å². The second-order valence-corrected chi connectivity index (χ2v) is 5.66. The van der Waals surface area contributed by atoms with Crippen LogP contribution in [0.25, 0.3) is 0 Å². The molecule has 1 aliphatic heterocycles. The number of carbonyl (C=O) groups excluding carboxylic acids is 1. The molecule has 0 aromatic heterocycles. The van der Waals surface area contributed by atoms with Gasteiger partial charge in [0, 0.05) is 31.7 Å². The quantitative estimate of drug-likeness (QED) is 0.837. The van der Waals surface area contributed by atoms with Gasteiger partial charge in [-0.2, -0.15) is 0 Å². The van der Waals surface area contributed by atoms with Crippen molar-refractivity contribution in [2.75, 3.05) is 26.2 Å². The number of Topliss-reactive ketones (excluding diaryl/α,β-unsaturated/α-hetero) is 1. The lowest BCUT2D eigenvalue weighted by Gasteiger charge is -2.31. The molecule has 1 N–H and O–H groups in total. The van der Waals surface area contributed by atoms with Crippen molar-refractivity contribution in [2.24, 2.45) is 0 Å². The maximum Gasteiger partial charge on any atom is 0.179 e. The molecule has 1 fully saturated rings. The molecule has 0 saturated carbocycles. The van der Waals surface area contributed by atoms with Crippen molar-refractivity contribution in [3.63, 3.8) is 0 Å². The second kappa shape index (κ2) is 5.43. The fraction of sp³-hybridized carbons (Fsp3) is 0.562. The van der Waals surface area contributed by atoms with Gasteiger partial charge in [-0.25, -0.2) is 0 Å². The average Bonchev–Trinajstić information content (AvgIpc) is 2.94. The van der Waals surface area contributed by atoms with Gasteiger partial charge in [0.2, 0.25) is 0 Å². The Bertz CT molecular complexity index is 478. The first-order chi connectivity index (χ1) is 9.25. The number of fused-ring (bicyclic) bond motifs is 1. The summed E-state index contributed by atoms with van der Waals surface area (Å²) in [7, 11) is 0. The van der Waals surface area contributed by atoms with Gasteiger partial charge in [0.25, 0.3) is 0 Å². The molecule has 1 heterocycles. The van der Waals surface area contributed by atoms with Gasteiger partial charge < -0.3 is 5.32 Å². The number of rotatable bonds is 3. The van der Waals surface area contributed by atoms with Crippen molar-refractivity contribution in [2.45, 2.75) is 32.2 Å². The Morgan fingerprint density at radius 2 is 1.95 bits per heavy atom. The Morgan fingerprint density at radius 1 is 1.21 bits per heavy atom. The molecule has 1 aromatic rings. The number of aryl methyl sites for hydroxylation is 2. The molecule has 1 aromatic carbocycles. The van der Waals surface area contributed by atoms with E-state index in [-0.39, 0.29) is 11.8 Å². The summed E-state index contributed by atoms with van der Waals surface area (Å²) in [4.78, 5) is 14.9. The second-order valence-electron chi connectivity index (χ2n) is 5.66. The van der Waals surface area contributed by atoms with Gasteiger partial charge in [-0.15, -0.1) is 0 Å². The fourth-order valence-electron chi connectivity index (χ4n) is 3.20. The molecule has 3 nitrogen and oxygen atoms in total. The van der Waals surface area contributed by atoms with Crippen LogP contribution in [0.4, 0.5) is 0 Å². The molecule has 0 bridgehead atoms. The molecule has 0 radical (unpaired) electrons. The van der Waals surface area contributed by atoms with Crippen LogP contribution < -0.4 is 5.32 Å². The minimum Gasteiger partial charge on any atom is -0.314 e. The van der Waals surface area contributed by atoms with Gasteiger partial charge in [-0.3, -0.25) is 9.69 Å². The summed E-state index contributed by atoms with van der Waals surface area (Å²) in [6, 6.07) is 6.30. The summed E-state index contributed by atoms with van der Waals surface area (Å²) in [5, 5.41) is 3.33. The maximum absolute atomic E-state index is 12.6. The van der Waals surface area contributed by atoms with Crippen LogP contribution in [-0.4, -0.2) is 42.9 Å². The minimum atomic E-state index is 0.00144. The van der Waals surface area contributed by atoms with E-state index >= 15 is 0 Å². The third-order valence-corrected chi connectivity index (χ3v) is 4.46. The van der Waals surface area contributed by atoms with Crippen molar-refractivity contribution < 1.29 is 4.79 Å². The van der Waals surface area contributed by atoms with E-state index in [0.29, 0.717) is 0 Å². The number of piperazine rings is 1. The van der Waals surface area contributed by atoms with E-state index in [9.17, 15) is 4.79 Å². The van der Waals surface area contributed by atoms with Crippen molar-refractivity contribution in [1.29, 1.82) is 0 Å². The van der Waals surface area contributed by atoms with Crippen LogP contribution in [0.3, 0.4) is 0 Å². The minimum absolute atomic E-state index is 0.00144. The van der Waals surface area contributed by atoms with Crippen LogP contribution in [0.5, 0.6) is 0 Å². The zero-order chi connectivity index (χ0) is 13.2. The lowest BCUT2D eigenvalue weighted by Crippen LogP contribution is -2.50. The number of carbonyl (C=O) groups is 1. The molecule has 2 aliphatic rings. The van der Waals surface area contributed by atoms with E-state index in [1.807, 2.05) is 13.0 Å². The first-order valence-electron chi connectivity index (χ1n) is 7.36. The molecule has 0 spiro atoms. The van der Waals surface area contributed by atoms with E-state index in [2.05, 4.69) is 22.3 Å². The molecule has 19 heavy (non-hydrogen) atoms. The number of hydrogen-bond acceptors (Lipinski definition) is 3. The Morgan fingerprint density at radius 3 is 2.74 bits per heavy atom. The molecule has 1 saturated heterocycles. The predicted octanol–water partition coefficient (Wildman–Crippen LogP) is 1.65. The summed E-state index contributed by atoms with van der Waals surface area (Å²) < 4.78 is 0. The van der Waals surface area contributed by atoms with Crippen molar-refractivity contribution >= 4 is 5.78 Å². The van der Waals surface area contributed by atoms with Gasteiger partial charge in [0.15, 0.2) is 5.78 Å². The summed E-state index contributed by atoms with van der Waals surface area (Å²) in [5.41, 5.74) is 3.72. The Labute approximate surface area is 115 Å². The van der Waals surface area contributed by atoms with Gasteiger partial charge in [0.05, 0.1) is 6.04 Å². The highest BCUT2D eigenvalue weighted by Gasteiger charge is 2.24. The lowest BCUT2D eigenvalue weighted by molar-refractivity contribution is 0.0820. The van der Waals surface area contributed by atoms with Crippen LogP contribution in [-0.2, 0) is 12.8 Å². The van der Waals surface area contributed by atoms with Gasteiger partial charge >= 0.3 is 0 Å². The van der Waals surface area contributed by atoms with Crippen LogP contribution in [0, 0.1) is 0 Å².